The number of benzene rings is 2. The molecule has 0 atom stereocenters. The third-order valence-corrected chi connectivity index (χ3v) is 4.51. The second-order valence-electron chi connectivity index (χ2n) is 6.12. The van der Waals surface area contributed by atoms with E-state index in [1.807, 2.05) is 18.2 Å². The highest BCUT2D eigenvalue weighted by molar-refractivity contribution is 5.89. The molecule has 0 spiro atoms. The molecule has 0 aromatic heterocycles. The van der Waals surface area contributed by atoms with E-state index in [1.54, 1.807) is 6.07 Å². The number of nitrogens with zero attached hydrogens (tertiary/aromatic N) is 1. The zero-order chi connectivity index (χ0) is 16.7. The zero-order valence-electron chi connectivity index (χ0n) is 13.0. The van der Waals surface area contributed by atoms with Crippen LogP contribution in [0.5, 0.6) is 5.75 Å². The van der Waals surface area contributed by atoms with Crippen molar-refractivity contribution in [3.05, 3.63) is 70.0 Å². The van der Waals surface area contributed by atoms with Gasteiger partial charge in [0.2, 0.25) is 0 Å². The first kappa shape index (κ1) is 14.5. The average Bonchev–Trinajstić information content (AvgIpc) is 3.43. The maximum absolute atomic E-state index is 13.7. The van der Waals surface area contributed by atoms with Crippen LogP contribution in [0.1, 0.15) is 35.1 Å². The van der Waals surface area contributed by atoms with E-state index in [0.29, 0.717) is 12.4 Å². The third kappa shape index (κ3) is 2.36. The minimum Gasteiger partial charge on any atom is -0.488 e. The first-order valence-electron chi connectivity index (χ1n) is 7.88. The van der Waals surface area contributed by atoms with Crippen LogP contribution < -0.4 is 4.74 Å². The summed E-state index contributed by atoms with van der Waals surface area (Å²) in [6.45, 7) is 0.300. The summed E-state index contributed by atoms with van der Waals surface area (Å²) in [5.41, 5.74) is 5.01. The van der Waals surface area contributed by atoms with Crippen molar-refractivity contribution in [1.82, 2.24) is 0 Å². The molecule has 1 heterocycles. The lowest BCUT2D eigenvalue weighted by atomic mass is 9.88. The van der Waals surface area contributed by atoms with Gasteiger partial charge < -0.3 is 4.74 Å². The molecule has 0 unspecified atom stereocenters. The lowest BCUT2D eigenvalue weighted by Crippen LogP contribution is -1.98. The molecule has 1 aliphatic carbocycles. The second-order valence-corrected chi connectivity index (χ2v) is 6.12. The predicted octanol–water partition coefficient (Wildman–Crippen LogP) is 4.43. The van der Waals surface area contributed by atoms with Gasteiger partial charge in [-0.15, -0.1) is 6.42 Å². The molecule has 3 heteroatoms. The number of terminal acetylenes is 1. The highest BCUT2D eigenvalue weighted by atomic mass is 19.1. The van der Waals surface area contributed by atoms with E-state index in [2.05, 4.69) is 12.0 Å². The van der Waals surface area contributed by atoms with Gasteiger partial charge in [-0.1, -0.05) is 12.0 Å². The molecule has 24 heavy (non-hydrogen) atoms. The fourth-order valence-corrected chi connectivity index (χ4v) is 3.18. The van der Waals surface area contributed by atoms with Gasteiger partial charge in [-0.05, 0) is 54.2 Å². The van der Waals surface area contributed by atoms with Crippen LogP contribution >= 0.6 is 0 Å². The van der Waals surface area contributed by atoms with Crippen molar-refractivity contribution in [2.24, 2.45) is 5.92 Å². The number of ether oxygens (including phenoxy) is 1. The molecule has 1 fully saturated rings. The van der Waals surface area contributed by atoms with Gasteiger partial charge in [-0.3, -0.25) is 0 Å². The Bertz CT molecular complexity index is 955. The van der Waals surface area contributed by atoms with Crippen molar-refractivity contribution in [3.8, 4) is 24.2 Å². The van der Waals surface area contributed by atoms with Gasteiger partial charge in [0.05, 0.1) is 6.07 Å². The summed E-state index contributed by atoms with van der Waals surface area (Å²) in [6.07, 6.45) is 7.53. The summed E-state index contributed by atoms with van der Waals surface area (Å²) >= 11 is 0. The first-order valence-corrected chi connectivity index (χ1v) is 7.88. The fraction of sp³-hybridized carbons (Fsp3) is 0.190. The molecule has 2 aromatic rings. The molecule has 4 rings (SSSR count). The first-order chi connectivity index (χ1) is 11.7. The number of halogens is 1. The Labute approximate surface area is 140 Å². The molecule has 0 bridgehead atoms. The van der Waals surface area contributed by atoms with Crippen LogP contribution in [-0.4, -0.2) is 0 Å². The van der Waals surface area contributed by atoms with Gasteiger partial charge >= 0.3 is 0 Å². The van der Waals surface area contributed by atoms with Crippen molar-refractivity contribution in [3.63, 3.8) is 0 Å². The predicted molar refractivity (Wildman–Crippen MR) is 89.5 cm³/mol. The van der Waals surface area contributed by atoms with Gasteiger partial charge in [-0.2, -0.15) is 5.26 Å². The molecule has 2 aromatic carbocycles. The zero-order valence-corrected chi connectivity index (χ0v) is 13.0. The monoisotopic (exact) mass is 315 g/mol. The standard InChI is InChI=1S/C21H14FNO/c1-2-13-3-7-17-15(9-13)12-24-20-10-16(22)6-8-18(20)21(17)19(11-23)14-4-5-14/h1,3,6-10,14H,4-5,12H2/b21-19-. The SMILES string of the molecule is C#Cc1ccc2c(c1)COc1cc(F)ccc1/C2=C(/C#N)C1CC1. The van der Waals surface area contributed by atoms with Gasteiger partial charge in [-0.25, -0.2) is 4.39 Å². The van der Waals surface area contributed by atoms with Crippen molar-refractivity contribution < 1.29 is 9.13 Å². The van der Waals surface area contributed by atoms with Gasteiger partial charge in [0.15, 0.2) is 0 Å². The van der Waals surface area contributed by atoms with Crippen molar-refractivity contribution >= 4 is 5.57 Å². The number of fused-ring (bicyclic) bond motifs is 2. The molecule has 0 radical (unpaired) electrons. The van der Waals surface area contributed by atoms with E-state index in [-0.39, 0.29) is 11.7 Å². The fourth-order valence-electron chi connectivity index (χ4n) is 3.18. The largest absolute Gasteiger partial charge is 0.488 e. The molecule has 0 amide bonds. The summed E-state index contributed by atoms with van der Waals surface area (Å²) in [7, 11) is 0. The number of rotatable bonds is 1. The highest BCUT2D eigenvalue weighted by Crippen LogP contribution is 2.46. The molecule has 2 aliphatic rings. The second kappa shape index (κ2) is 5.55. The maximum Gasteiger partial charge on any atom is 0.130 e. The van der Waals surface area contributed by atoms with E-state index in [1.165, 1.54) is 12.1 Å². The Hall–Kier alpha value is -3.04. The van der Waals surface area contributed by atoms with E-state index in [4.69, 9.17) is 11.2 Å². The average molecular weight is 315 g/mol. The minimum atomic E-state index is -0.353. The Kier molecular flexibility index (Phi) is 3.36. The Morgan fingerprint density at radius 2 is 1.96 bits per heavy atom. The van der Waals surface area contributed by atoms with E-state index < -0.39 is 0 Å². The van der Waals surface area contributed by atoms with Crippen LogP contribution in [0.3, 0.4) is 0 Å². The summed E-state index contributed by atoms with van der Waals surface area (Å²) < 4.78 is 19.5. The van der Waals surface area contributed by atoms with E-state index in [0.717, 1.165) is 46.2 Å². The van der Waals surface area contributed by atoms with Crippen LogP contribution in [0.25, 0.3) is 5.57 Å². The maximum atomic E-state index is 13.7. The number of hydrogen-bond acceptors (Lipinski definition) is 2. The van der Waals surface area contributed by atoms with Crippen molar-refractivity contribution in [2.75, 3.05) is 0 Å². The lowest BCUT2D eigenvalue weighted by Gasteiger charge is -2.13. The lowest BCUT2D eigenvalue weighted by molar-refractivity contribution is 0.305. The third-order valence-electron chi connectivity index (χ3n) is 4.51. The van der Waals surface area contributed by atoms with Crippen molar-refractivity contribution in [1.29, 1.82) is 5.26 Å². The summed E-state index contributed by atoms with van der Waals surface area (Å²) in [5, 5.41) is 9.73. The van der Waals surface area contributed by atoms with Gasteiger partial charge in [0.1, 0.15) is 18.2 Å². The smallest absolute Gasteiger partial charge is 0.130 e. The normalized spacial score (nSPS) is 17.5. The van der Waals surface area contributed by atoms with Crippen LogP contribution in [0.15, 0.2) is 42.0 Å². The van der Waals surface area contributed by atoms with Gasteiger partial charge in [0.25, 0.3) is 0 Å². The summed E-state index contributed by atoms with van der Waals surface area (Å²) in [4.78, 5) is 0. The number of allylic oxidation sites excluding steroid dienone is 1. The quantitative estimate of drug-likeness (QED) is 0.576. The van der Waals surface area contributed by atoms with E-state index in [9.17, 15) is 9.65 Å². The van der Waals surface area contributed by atoms with Crippen LogP contribution in [0.4, 0.5) is 4.39 Å². The molecular formula is C21H14FNO. The molecule has 2 nitrogen and oxygen atoms in total. The van der Waals surface area contributed by atoms with E-state index >= 15 is 0 Å². The Balaban J connectivity index is 2.03. The summed E-state index contributed by atoms with van der Waals surface area (Å²) in [5.74, 6) is 3.02. The molecule has 1 aliphatic heterocycles. The van der Waals surface area contributed by atoms with Crippen LogP contribution in [-0.2, 0) is 6.61 Å². The minimum absolute atomic E-state index is 0.279. The molecule has 0 N–H and O–H groups in total. The summed E-state index contributed by atoms with van der Waals surface area (Å²) in [6, 6.07) is 12.6. The van der Waals surface area contributed by atoms with Gasteiger partial charge in [0, 0.05) is 28.3 Å². The topological polar surface area (TPSA) is 33.0 Å². The van der Waals surface area contributed by atoms with Crippen molar-refractivity contribution in [2.45, 2.75) is 19.4 Å². The molecular weight excluding hydrogens is 301 g/mol. The molecule has 0 saturated heterocycles. The van der Waals surface area contributed by atoms with Crippen LogP contribution in [0, 0.1) is 35.4 Å². The highest BCUT2D eigenvalue weighted by Gasteiger charge is 2.32. The number of hydrogen-bond donors (Lipinski definition) is 0. The molecule has 116 valence electrons. The number of nitriles is 1. The Morgan fingerprint density at radius 1 is 1.17 bits per heavy atom. The molecule has 1 saturated carbocycles. The van der Waals surface area contributed by atoms with Crippen LogP contribution in [0.2, 0.25) is 0 Å². The Morgan fingerprint density at radius 3 is 2.67 bits per heavy atom.